The normalized spacial score (nSPS) is 18.4. The van der Waals surface area contributed by atoms with Crippen LogP contribution in [0.4, 0.5) is 13.2 Å². The summed E-state index contributed by atoms with van der Waals surface area (Å²) in [7, 11) is 0. The molecule has 0 bridgehead atoms. The van der Waals surface area contributed by atoms with E-state index in [1.807, 2.05) is 0 Å². The topological polar surface area (TPSA) is 102 Å². The second kappa shape index (κ2) is 9.16. The maximum atomic E-state index is 12.9. The second-order valence-corrected chi connectivity index (χ2v) is 6.31. The summed E-state index contributed by atoms with van der Waals surface area (Å²) < 4.78 is 38.6. The van der Waals surface area contributed by atoms with Gasteiger partial charge in [-0.2, -0.15) is 13.2 Å². The number of piperazine rings is 1. The highest BCUT2D eigenvalue weighted by Crippen LogP contribution is 2.30. The molecule has 0 unspecified atom stereocenters. The van der Waals surface area contributed by atoms with Gasteiger partial charge in [0.05, 0.1) is 37.3 Å². The van der Waals surface area contributed by atoms with E-state index in [1.165, 1.54) is 12.1 Å². The SMILES string of the molecule is O=C(C[C@@H]1C(=O)NCCN1Cc1cccc(C(F)(F)F)c1)NC(CO)CO. The van der Waals surface area contributed by atoms with Crippen LogP contribution in [-0.2, 0) is 22.3 Å². The Morgan fingerprint density at radius 2 is 2.04 bits per heavy atom. The van der Waals surface area contributed by atoms with E-state index in [2.05, 4.69) is 10.6 Å². The van der Waals surface area contributed by atoms with Crippen LogP contribution in [0.25, 0.3) is 0 Å². The van der Waals surface area contributed by atoms with Gasteiger partial charge in [0.1, 0.15) is 0 Å². The molecule has 1 aromatic carbocycles. The number of carbonyl (C=O) groups excluding carboxylic acids is 2. The Balaban J connectivity index is 2.09. The van der Waals surface area contributed by atoms with Crippen molar-refractivity contribution in [3.05, 3.63) is 35.4 Å². The first-order valence-electron chi connectivity index (χ1n) is 8.43. The third-order valence-corrected chi connectivity index (χ3v) is 4.27. The zero-order valence-electron chi connectivity index (χ0n) is 14.5. The first-order valence-corrected chi connectivity index (χ1v) is 8.43. The molecule has 4 N–H and O–H groups in total. The molecule has 10 heteroatoms. The van der Waals surface area contributed by atoms with Gasteiger partial charge in [-0.1, -0.05) is 18.2 Å². The molecule has 0 aliphatic carbocycles. The minimum Gasteiger partial charge on any atom is -0.394 e. The van der Waals surface area contributed by atoms with E-state index in [0.717, 1.165) is 12.1 Å². The molecule has 1 aliphatic rings. The molecular weight excluding hydrogens is 367 g/mol. The van der Waals surface area contributed by atoms with Crippen molar-refractivity contribution in [3.8, 4) is 0 Å². The summed E-state index contributed by atoms with van der Waals surface area (Å²) in [5, 5.41) is 23.1. The number of carbonyl (C=O) groups is 2. The molecule has 1 aromatic rings. The summed E-state index contributed by atoms with van der Waals surface area (Å²) in [6.45, 7) is -0.117. The number of hydrogen-bond donors (Lipinski definition) is 4. The standard InChI is InChI=1S/C17H22F3N3O4/c18-17(19,20)12-3-1-2-11(6-12)8-23-5-4-21-16(27)14(23)7-15(26)22-13(9-24)10-25/h1-3,6,13-14,24-25H,4-5,7-10H2,(H,21,27)(H,22,26)/t14-/m1/s1. The second-order valence-electron chi connectivity index (χ2n) is 6.31. The Bertz CT molecular complexity index is 665. The maximum absolute atomic E-state index is 12.9. The number of rotatable bonds is 7. The van der Waals surface area contributed by atoms with Crippen LogP contribution in [0.2, 0.25) is 0 Å². The van der Waals surface area contributed by atoms with E-state index < -0.39 is 48.9 Å². The molecule has 0 saturated carbocycles. The number of alkyl halides is 3. The van der Waals surface area contributed by atoms with E-state index in [0.29, 0.717) is 18.7 Å². The number of halogens is 3. The number of aliphatic hydroxyl groups is 2. The third kappa shape index (κ3) is 5.91. The third-order valence-electron chi connectivity index (χ3n) is 4.27. The highest BCUT2D eigenvalue weighted by Gasteiger charge is 2.33. The van der Waals surface area contributed by atoms with Crippen molar-refractivity contribution >= 4 is 11.8 Å². The summed E-state index contributed by atoms with van der Waals surface area (Å²) in [5.41, 5.74) is -0.391. The van der Waals surface area contributed by atoms with Crippen LogP contribution in [0.15, 0.2) is 24.3 Å². The van der Waals surface area contributed by atoms with Gasteiger partial charge in [0.25, 0.3) is 0 Å². The molecule has 2 amide bonds. The van der Waals surface area contributed by atoms with Crippen molar-refractivity contribution in [1.82, 2.24) is 15.5 Å². The number of amides is 2. The highest BCUT2D eigenvalue weighted by atomic mass is 19.4. The maximum Gasteiger partial charge on any atom is 0.416 e. The first-order chi connectivity index (χ1) is 12.7. The Hall–Kier alpha value is -2.17. The Morgan fingerprint density at radius 1 is 1.33 bits per heavy atom. The summed E-state index contributed by atoms with van der Waals surface area (Å²) in [6, 6.07) is 3.15. The number of nitrogens with one attached hydrogen (secondary N) is 2. The zero-order valence-corrected chi connectivity index (χ0v) is 14.5. The minimum atomic E-state index is -4.46. The Labute approximate surface area is 154 Å². The summed E-state index contributed by atoms with van der Waals surface area (Å²) >= 11 is 0. The van der Waals surface area contributed by atoms with Gasteiger partial charge in [-0.25, -0.2) is 0 Å². The van der Waals surface area contributed by atoms with Gasteiger partial charge < -0.3 is 20.8 Å². The van der Waals surface area contributed by atoms with Crippen LogP contribution in [-0.4, -0.2) is 65.3 Å². The van der Waals surface area contributed by atoms with E-state index >= 15 is 0 Å². The molecule has 2 rings (SSSR count). The van der Waals surface area contributed by atoms with E-state index in [9.17, 15) is 22.8 Å². The lowest BCUT2D eigenvalue weighted by atomic mass is 10.0. The van der Waals surface area contributed by atoms with Crippen LogP contribution >= 0.6 is 0 Å². The van der Waals surface area contributed by atoms with Crippen molar-refractivity contribution in [1.29, 1.82) is 0 Å². The van der Waals surface area contributed by atoms with Gasteiger partial charge in [0.15, 0.2) is 0 Å². The van der Waals surface area contributed by atoms with Crippen LogP contribution in [0.3, 0.4) is 0 Å². The zero-order chi connectivity index (χ0) is 20.0. The van der Waals surface area contributed by atoms with Gasteiger partial charge in [0.2, 0.25) is 11.8 Å². The monoisotopic (exact) mass is 389 g/mol. The average molecular weight is 389 g/mol. The van der Waals surface area contributed by atoms with Gasteiger partial charge >= 0.3 is 6.18 Å². The Kier molecular flexibility index (Phi) is 7.17. The predicted molar refractivity (Wildman–Crippen MR) is 89.4 cm³/mol. The summed E-state index contributed by atoms with van der Waals surface area (Å²) in [6.07, 6.45) is -4.69. The fraction of sp³-hybridized carbons (Fsp3) is 0.529. The van der Waals surface area contributed by atoms with Crippen molar-refractivity contribution < 1.29 is 33.0 Å². The van der Waals surface area contributed by atoms with Gasteiger partial charge in [-0.3, -0.25) is 14.5 Å². The molecule has 1 atom stereocenters. The minimum absolute atomic E-state index is 0.0821. The summed E-state index contributed by atoms with van der Waals surface area (Å²) in [5.74, 6) is -0.938. The van der Waals surface area contributed by atoms with E-state index in [1.54, 1.807) is 4.90 Å². The van der Waals surface area contributed by atoms with Gasteiger partial charge in [-0.05, 0) is 11.6 Å². The van der Waals surface area contributed by atoms with Crippen molar-refractivity contribution in [3.63, 3.8) is 0 Å². The molecule has 1 aliphatic heterocycles. The summed E-state index contributed by atoms with van der Waals surface area (Å²) in [4.78, 5) is 25.9. The van der Waals surface area contributed by atoms with Crippen molar-refractivity contribution in [2.24, 2.45) is 0 Å². The highest BCUT2D eigenvalue weighted by molar-refractivity contribution is 5.88. The quantitative estimate of drug-likeness (QED) is 0.520. The Morgan fingerprint density at radius 3 is 2.67 bits per heavy atom. The number of nitrogens with zero attached hydrogens (tertiary/aromatic N) is 1. The van der Waals surface area contributed by atoms with Gasteiger partial charge in [-0.15, -0.1) is 0 Å². The van der Waals surface area contributed by atoms with Crippen LogP contribution < -0.4 is 10.6 Å². The molecule has 7 nitrogen and oxygen atoms in total. The predicted octanol–water partition coefficient (Wildman–Crippen LogP) is -0.135. The molecular formula is C17H22F3N3O4. The molecule has 1 heterocycles. The molecule has 0 aromatic heterocycles. The largest absolute Gasteiger partial charge is 0.416 e. The molecule has 150 valence electrons. The molecule has 1 fully saturated rings. The van der Waals surface area contributed by atoms with Gasteiger partial charge in [0, 0.05) is 19.6 Å². The van der Waals surface area contributed by atoms with Crippen LogP contribution in [0.5, 0.6) is 0 Å². The number of hydrogen-bond acceptors (Lipinski definition) is 5. The fourth-order valence-corrected chi connectivity index (χ4v) is 2.86. The molecule has 0 radical (unpaired) electrons. The lowest BCUT2D eigenvalue weighted by Gasteiger charge is -2.35. The fourth-order valence-electron chi connectivity index (χ4n) is 2.86. The first kappa shape index (κ1) is 21.1. The lowest BCUT2D eigenvalue weighted by molar-refractivity contribution is -0.137. The van der Waals surface area contributed by atoms with Crippen molar-refractivity contribution in [2.75, 3.05) is 26.3 Å². The smallest absolute Gasteiger partial charge is 0.394 e. The molecule has 1 saturated heterocycles. The van der Waals surface area contributed by atoms with E-state index in [-0.39, 0.29) is 13.0 Å². The number of benzene rings is 1. The van der Waals surface area contributed by atoms with Crippen LogP contribution in [0, 0.1) is 0 Å². The average Bonchev–Trinajstić information content (AvgIpc) is 2.62. The lowest BCUT2D eigenvalue weighted by Crippen LogP contribution is -2.56. The molecule has 0 spiro atoms. The van der Waals surface area contributed by atoms with Crippen molar-refractivity contribution in [2.45, 2.75) is 31.2 Å². The number of aliphatic hydroxyl groups excluding tert-OH is 2. The van der Waals surface area contributed by atoms with E-state index in [4.69, 9.17) is 10.2 Å². The van der Waals surface area contributed by atoms with Crippen LogP contribution in [0.1, 0.15) is 17.5 Å². The molecule has 27 heavy (non-hydrogen) atoms.